The van der Waals surface area contributed by atoms with E-state index >= 15 is 0 Å². The Hall–Kier alpha value is -3.65. The second-order valence-corrected chi connectivity index (χ2v) is 11.0. The second-order valence-electron chi connectivity index (χ2n) is 7.84. The molecule has 3 aromatic heterocycles. The molecule has 35 heavy (non-hydrogen) atoms. The highest BCUT2D eigenvalue weighted by atomic mass is 32.1. The highest BCUT2D eigenvalue weighted by Gasteiger charge is 2.26. The summed E-state index contributed by atoms with van der Waals surface area (Å²) in [6.07, 6.45) is 1.82. The Balaban J connectivity index is 1.69. The van der Waals surface area contributed by atoms with E-state index in [-0.39, 0.29) is 0 Å². The van der Waals surface area contributed by atoms with Gasteiger partial charge in [-0.3, -0.25) is 9.59 Å². The van der Waals surface area contributed by atoms with Crippen LogP contribution in [-0.2, 0) is 0 Å². The maximum atomic E-state index is 12.2. The van der Waals surface area contributed by atoms with Crippen molar-refractivity contribution < 1.29 is 14.3 Å². The molecule has 3 heterocycles. The summed E-state index contributed by atoms with van der Waals surface area (Å²) in [6, 6.07) is 23.8. The van der Waals surface area contributed by atoms with Crippen molar-refractivity contribution in [2.24, 2.45) is 0 Å². The molecule has 0 bridgehead atoms. The molecule has 0 saturated heterocycles. The summed E-state index contributed by atoms with van der Waals surface area (Å²) in [5, 5.41) is 2.81. The van der Waals surface area contributed by atoms with Crippen molar-refractivity contribution in [3.05, 3.63) is 82.6 Å². The molecule has 6 rings (SSSR count). The third-order valence-electron chi connectivity index (χ3n) is 5.89. The van der Waals surface area contributed by atoms with Gasteiger partial charge in [-0.2, -0.15) is 0 Å². The number of thiophene rings is 2. The molecule has 0 amide bonds. The van der Waals surface area contributed by atoms with Gasteiger partial charge < -0.3 is 4.74 Å². The first-order valence-electron chi connectivity index (χ1n) is 10.8. The number of ether oxygens (including phenoxy) is 1. The van der Waals surface area contributed by atoms with Crippen molar-refractivity contribution in [1.29, 1.82) is 0 Å². The van der Waals surface area contributed by atoms with Crippen LogP contribution in [-0.4, -0.2) is 24.7 Å². The van der Waals surface area contributed by atoms with Crippen LogP contribution in [0.5, 0.6) is 5.75 Å². The van der Waals surface area contributed by atoms with Gasteiger partial charge in [-0.15, -0.1) is 34.0 Å². The minimum atomic E-state index is 0.631. The van der Waals surface area contributed by atoms with Crippen LogP contribution >= 0.6 is 34.0 Å². The van der Waals surface area contributed by atoms with Gasteiger partial charge in [0.05, 0.1) is 27.4 Å². The molecular formula is C28H17NO3S3. The zero-order valence-electron chi connectivity index (χ0n) is 18.5. The van der Waals surface area contributed by atoms with E-state index < -0.39 is 0 Å². The first kappa shape index (κ1) is 21.9. The summed E-state index contributed by atoms with van der Waals surface area (Å²) < 4.78 is 7.39. The summed E-state index contributed by atoms with van der Waals surface area (Å²) in [4.78, 5) is 31.6. The van der Waals surface area contributed by atoms with Crippen molar-refractivity contribution in [2.45, 2.75) is 0 Å². The van der Waals surface area contributed by atoms with E-state index in [2.05, 4.69) is 0 Å². The van der Waals surface area contributed by atoms with E-state index in [1.54, 1.807) is 7.11 Å². The fraction of sp³-hybridized carbons (Fsp3) is 0.0357. The Kier molecular flexibility index (Phi) is 5.53. The number of thiazole rings is 1. The summed E-state index contributed by atoms with van der Waals surface area (Å²) >= 11 is 4.48. The van der Waals surface area contributed by atoms with E-state index in [1.165, 1.54) is 34.0 Å². The van der Waals surface area contributed by atoms with Crippen LogP contribution < -0.4 is 4.74 Å². The maximum absolute atomic E-state index is 12.2. The molecule has 6 aromatic rings. The molecule has 0 N–H and O–H groups in total. The van der Waals surface area contributed by atoms with Crippen LogP contribution in [0.4, 0.5) is 0 Å². The SMILES string of the molecule is COc1ccc(-c2nc(-c3c(C=O)sc4ccccc34)c(-c3c(C=O)sc4ccccc34)s2)cc1. The average Bonchev–Trinajstić information content (AvgIpc) is 3.60. The number of carbonyl (C=O) groups excluding carboxylic acids is 2. The van der Waals surface area contributed by atoms with E-state index in [4.69, 9.17) is 9.72 Å². The lowest BCUT2D eigenvalue weighted by Crippen LogP contribution is -1.87. The molecule has 4 nitrogen and oxygen atoms in total. The quantitative estimate of drug-likeness (QED) is 0.211. The molecule has 7 heteroatoms. The number of methoxy groups -OCH3 is 1. The van der Waals surface area contributed by atoms with Gasteiger partial charge >= 0.3 is 0 Å². The van der Waals surface area contributed by atoms with Gasteiger partial charge in [0.1, 0.15) is 10.8 Å². The van der Waals surface area contributed by atoms with Gasteiger partial charge in [0, 0.05) is 36.9 Å². The highest BCUT2D eigenvalue weighted by Crippen LogP contribution is 2.49. The maximum Gasteiger partial charge on any atom is 0.160 e. The minimum absolute atomic E-state index is 0.631. The van der Waals surface area contributed by atoms with Gasteiger partial charge in [0.2, 0.25) is 0 Å². The number of aromatic nitrogens is 1. The summed E-state index contributed by atoms with van der Waals surface area (Å²) in [5.74, 6) is 0.768. The van der Waals surface area contributed by atoms with Gasteiger partial charge in [-0.25, -0.2) is 4.98 Å². The number of fused-ring (bicyclic) bond motifs is 2. The molecule has 0 spiro atoms. The number of rotatable bonds is 6. The van der Waals surface area contributed by atoms with Gasteiger partial charge in [0.25, 0.3) is 0 Å². The molecule has 0 aliphatic heterocycles. The molecule has 0 saturated carbocycles. The fourth-order valence-electron chi connectivity index (χ4n) is 4.29. The molecule has 0 aliphatic carbocycles. The summed E-state index contributed by atoms with van der Waals surface area (Å²) in [7, 11) is 1.64. The Morgan fingerprint density at radius 2 is 1.29 bits per heavy atom. The molecule has 3 aromatic carbocycles. The highest BCUT2D eigenvalue weighted by molar-refractivity contribution is 7.23. The summed E-state index contributed by atoms with van der Waals surface area (Å²) in [5.41, 5.74) is 3.37. The topological polar surface area (TPSA) is 56.3 Å². The Morgan fingerprint density at radius 1 is 0.714 bits per heavy atom. The van der Waals surface area contributed by atoms with Crippen LogP contribution in [0.1, 0.15) is 19.3 Å². The third kappa shape index (κ3) is 3.60. The van der Waals surface area contributed by atoms with E-state index in [0.29, 0.717) is 9.75 Å². The monoisotopic (exact) mass is 511 g/mol. The number of nitrogens with zero attached hydrogens (tertiary/aromatic N) is 1. The average molecular weight is 512 g/mol. The minimum Gasteiger partial charge on any atom is -0.497 e. The van der Waals surface area contributed by atoms with Crippen molar-refractivity contribution in [3.8, 4) is 38.0 Å². The zero-order chi connectivity index (χ0) is 23.9. The fourth-order valence-corrected chi connectivity index (χ4v) is 7.55. The lowest BCUT2D eigenvalue weighted by molar-refractivity contribution is 0.111. The van der Waals surface area contributed by atoms with Crippen molar-refractivity contribution in [3.63, 3.8) is 0 Å². The van der Waals surface area contributed by atoms with Crippen LogP contribution in [0, 0.1) is 0 Å². The zero-order valence-corrected chi connectivity index (χ0v) is 20.9. The number of benzene rings is 3. The van der Waals surface area contributed by atoms with Gasteiger partial charge in [0.15, 0.2) is 12.6 Å². The molecule has 0 atom stereocenters. The van der Waals surface area contributed by atoms with Crippen LogP contribution in [0.15, 0.2) is 72.8 Å². The largest absolute Gasteiger partial charge is 0.497 e. The van der Waals surface area contributed by atoms with Crippen LogP contribution in [0.2, 0.25) is 0 Å². The smallest absolute Gasteiger partial charge is 0.160 e. The summed E-state index contributed by atoms with van der Waals surface area (Å²) in [6.45, 7) is 0. The third-order valence-corrected chi connectivity index (χ3v) is 9.20. The second kappa shape index (κ2) is 8.85. The van der Waals surface area contributed by atoms with Gasteiger partial charge in [-0.1, -0.05) is 36.4 Å². The molecule has 0 radical (unpaired) electrons. The van der Waals surface area contributed by atoms with Crippen molar-refractivity contribution in [2.75, 3.05) is 7.11 Å². The first-order chi connectivity index (χ1) is 17.2. The molecule has 0 aliphatic rings. The number of carbonyl (C=O) groups is 2. The van der Waals surface area contributed by atoms with E-state index in [1.807, 2.05) is 72.8 Å². The molecular weight excluding hydrogens is 495 g/mol. The number of hydrogen-bond acceptors (Lipinski definition) is 7. The lowest BCUT2D eigenvalue weighted by Gasteiger charge is -2.04. The molecule has 170 valence electrons. The number of aldehydes is 2. The predicted molar refractivity (Wildman–Crippen MR) is 147 cm³/mol. The van der Waals surface area contributed by atoms with E-state index in [9.17, 15) is 9.59 Å². The number of hydrogen-bond donors (Lipinski definition) is 0. The Morgan fingerprint density at radius 3 is 1.89 bits per heavy atom. The molecule has 0 fully saturated rings. The Labute approximate surface area is 213 Å². The van der Waals surface area contributed by atoms with Crippen molar-refractivity contribution in [1.82, 2.24) is 4.98 Å². The lowest BCUT2D eigenvalue weighted by atomic mass is 10.0. The predicted octanol–water partition coefficient (Wildman–Crippen LogP) is 8.21. The van der Waals surface area contributed by atoms with Crippen molar-refractivity contribution >= 4 is 66.8 Å². The van der Waals surface area contributed by atoms with Crippen LogP contribution in [0.3, 0.4) is 0 Å². The standard InChI is InChI=1S/C28H17NO3S3/c1-32-17-12-10-16(11-13-17)28-29-26(24-18-6-2-4-8-20(18)33-22(24)14-30)27(35-28)25-19-7-3-5-9-21(19)34-23(25)15-31/h2-15H,1H3. The Bertz CT molecular complexity index is 1620. The van der Waals surface area contributed by atoms with E-state index in [0.717, 1.165) is 70.8 Å². The normalized spacial score (nSPS) is 11.2. The molecule has 0 unspecified atom stereocenters. The van der Waals surface area contributed by atoms with Gasteiger partial charge in [-0.05, 0) is 36.4 Å². The van der Waals surface area contributed by atoms with Crippen LogP contribution in [0.25, 0.3) is 52.4 Å². The first-order valence-corrected chi connectivity index (χ1v) is 13.3.